The lowest BCUT2D eigenvalue weighted by Gasteiger charge is -2.18. The van der Waals surface area contributed by atoms with Crippen molar-refractivity contribution in [3.63, 3.8) is 0 Å². The van der Waals surface area contributed by atoms with E-state index in [2.05, 4.69) is 6.58 Å². The largest absolute Gasteiger partial charge is 0.481 e. The van der Waals surface area contributed by atoms with Gasteiger partial charge < -0.3 is 9.84 Å². The molecule has 0 heterocycles. The van der Waals surface area contributed by atoms with Crippen LogP contribution in [0.2, 0.25) is 0 Å². The summed E-state index contributed by atoms with van der Waals surface area (Å²) in [6, 6.07) is 0. The fourth-order valence-corrected chi connectivity index (χ4v) is 0.601. The number of aliphatic carboxylic acids is 1. The molecule has 0 unspecified atom stereocenters. The molecule has 0 aromatic rings. The third-order valence-electron chi connectivity index (χ3n) is 1.69. The maximum atomic E-state index is 10.6. The van der Waals surface area contributed by atoms with E-state index in [1.54, 1.807) is 19.9 Å². The first-order valence-electron chi connectivity index (χ1n) is 3.93. The highest BCUT2D eigenvalue weighted by Gasteiger charge is 2.26. The zero-order valence-electron chi connectivity index (χ0n) is 7.67. The van der Waals surface area contributed by atoms with Crippen molar-refractivity contribution in [2.75, 3.05) is 13.2 Å². The highest BCUT2D eigenvalue weighted by Crippen LogP contribution is 2.19. The highest BCUT2D eigenvalue weighted by molar-refractivity contribution is 5.73. The van der Waals surface area contributed by atoms with E-state index in [0.29, 0.717) is 19.6 Å². The van der Waals surface area contributed by atoms with Crippen LogP contribution in [0.3, 0.4) is 0 Å². The normalized spacial score (nSPS) is 11.2. The SMILES string of the molecule is C=CCOCCC(C)(C)C(=O)O. The Morgan fingerprint density at radius 3 is 2.67 bits per heavy atom. The molecule has 0 spiro atoms. The summed E-state index contributed by atoms with van der Waals surface area (Å²) >= 11 is 0. The number of carbonyl (C=O) groups is 1. The van der Waals surface area contributed by atoms with E-state index >= 15 is 0 Å². The van der Waals surface area contributed by atoms with Crippen LogP contribution in [0.15, 0.2) is 12.7 Å². The molecule has 3 heteroatoms. The Balaban J connectivity index is 3.61. The lowest BCUT2D eigenvalue weighted by molar-refractivity contribution is -0.147. The molecule has 0 aliphatic heterocycles. The van der Waals surface area contributed by atoms with Crippen LogP contribution in [-0.4, -0.2) is 24.3 Å². The lowest BCUT2D eigenvalue weighted by atomic mass is 9.90. The molecule has 70 valence electrons. The molecule has 0 radical (unpaired) electrons. The second kappa shape index (κ2) is 4.93. The Bertz CT molecular complexity index is 161. The molecule has 3 nitrogen and oxygen atoms in total. The number of carboxylic acids is 1. The molecule has 0 amide bonds. The number of hydrogen-bond donors (Lipinski definition) is 1. The Kier molecular flexibility index (Phi) is 4.59. The van der Waals surface area contributed by atoms with Crippen molar-refractivity contribution < 1.29 is 14.6 Å². The van der Waals surface area contributed by atoms with Gasteiger partial charge in [-0.25, -0.2) is 0 Å². The average Bonchev–Trinajstić information content (AvgIpc) is 1.98. The Hall–Kier alpha value is -0.830. The number of rotatable bonds is 6. The fraction of sp³-hybridized carbons (Fsp3) is 0.667. The van der Waals surface area contributed by atoms with Crippen LogP contribution >= 0.6 is 0 Å². The van der Waals surface area contributed by atoms with E-state index in [1.807, 2.05) is 0 Å². The number of ether oxygens (including phenoxy) is 1. The minimum absolute atomic E-state index is 0.464. The summed E-state index contributed by atoms with van der Waals surface area (Å²) in [7, 11) is 0. The van der Waals surface area contributed by atoms with Crippen LogP contribution in [0, 0.1) is 5.41 Å². The smallest absolute Gasteiger partial charge is 0.309 e. The van der Waals surface area contributed by atoms with Crippen LogP contribution in [0.1, 0.15) is 20.3 Å². The fourth-order valence-electron chi connectivity index (χ4n) is 0.601. The second-order valence-electron chi connectivity index (χ2n) is 3.30. The van der Waals surface area contributed by atoms with Gasteiger partial charge in [-0.3, -0.25) is 4.79 Å². The molecule has 0 rings (SSSR count). The molecule has 0 aromatic heterocycles. The molecule has 0 fully saturated rings. The van der Waals surface area contributed by atoms with Crippen molar-refractivity contribution in [1.29, 1.82) is 0 Å². The first-order chi connectivity index (χ1) is 5.50. The van der Waals surface area contributed by atoms with Crippen LogP contribution < -0.4 is 0 Å². The summed E-state index contributed by atoms with van der Waals surface area (Å²) in [5.74, 6) is -0.787. The van der Waals surface area contributed by atoms with Gasteiger partial charge in [-0.15, -0.1) is 6.58 Å². The average molecular weight is 172 g/mol. The quantitative estimate of drug-likeness (QED) is 0.490. The molecule has 0 bridgehead atoms. The number of carboxylic acid groups (broad SMARTS) is 1. The van der Waals surface area contributed by atoms with E-state index in [1.165, 1.54) is 0 Å². The van der Waals surface area contributed by atoms with Gasteiger partial charge in [0.2, 0.25) is 0 Å². The molecule has 0 atom stereocenters. The molecule has 0 saturated carbocycles. The van der Waals surface area contributed by atoms with Crippen molar-refractivity contribution in [3.8, 4) is 0 Å². The molecule has 0 saturated heterocycles. The monoisotopic (exact) mass is 172 g/mol. The van der Waals surface area contributed by atoms with Crippen LogP contribution in [0.5, 0.6) is 0 Å². The van der Waals surface area contributed by atoms with Gasteiger partial charge in [0.1, 0.15) is 0 Å². The maximum Gasteiger partial charge on any atom is 0.309 e. The Morgan fingerprint density at radius 2 is 2.25 bits per heavy atom. The molecule has 0 aromatic carbocycles. The van der Waals surface area contributed by atoms with Gasteiger partial charge in [0.25, 0.3) is 0 Å². The predicted octanol–water partition coefficient (Wildman–Crippen LogP) is 1.69. The molecule has 0 aliphatic carbocycles. The van der Waals surface area contributed by atoms with Gasteiger partial charge in [0, 0.05) is 6.61 Å². The van der Waals surface area contributed by atoms with Crippen LogP contribution in [0.4, 0.5) is 0 Å². The minimum Gasteiger partial charge on any atom is -0.481 e. The third kappa shape index (κ3) is 4.13. The van der Waals surface area contributed by atoms with Crippen molar-refractivity contribution in [2.45, 2.75) is 20.3 Å². The van der Waals surface area contributed by atoms with Gasteiger partial charge in [0.05, 0.1) is 12.0 Å². The topological polar surface area (TPSA) is 46.5 Å². The molecule has 1 N–H and O–H groups in total. The first-order valence-corrected chi connectivity index (χ1v) is 3.93. The van der Waals surface area contributed by atoms with Crippen LogP contribution in [-0.2, 0) is 9.53 Å². The van der Waals surface area contributed by atoms with Gasteiger partial charge in [-0.2, -0.15) is 0 Å². The first kappa shape index (κ1) is 11.2. The van der Waals surface area contributed by atoms with E-state index in [9.17, 15) is 4.79 Å². The summed E-state index contributed by atoms with van der Waals surface area (Å²) in [4.78, 5) is 10.6. The van der Waals surface area contributed by atoms with Crippen molar-refractivity contribution in [2.24, 2.45) is 5.41 Å². The number of hydrogen-bond acceptors (Lipinski definition) is 2. The molecule has 0 aliphatic rings. The van der Waals surface area contributed by atoms with Crippen molar-refractivity contribution in [3.05, 3.63) is 12.7 Å². The maximum absolute atomic E-state index is 10.6. The van der Waals surface area contributed by atoms with E-state index in [0.717, 1.165) is 0 Å². The summed E-state index contributed by atoms with van der Waals surface area (Å²) in [5, 5.41) is 8.72. The van der Waals surface area contributed by atoms with E-state index in [4.69, 9.17) is 9.84 Å². The van der Waals surface area contributed by atoms with Crippen molar-refractivity contribution >= 4 is 5.97 Å². The second-order valence-corrected chi connectivity index (χ2v) is 3.30. The van der Waals surface area contributed by atoms with E-state index in [-0.39, 0.29) is 0 Å². The molecular weight excluding hydrogens is 156 g/mol. The summed E-state index contributed by atoms with van der Waals surface area (Å²) in [5.41, 5.74) is -0.693. The van der Waals surface area contributed by atoms with Gasteiger partial charge in [0.15, 0.2) is 0 Å². The third-order valence-corrected chi connectivity index (χ3v) is 1.69. The summed E-state index contributed by atoms with van der Waals surface area (Å²) in [6.45, 7) is 7.81. The lowest BCUT2D eigenvalue weighted by Crippen LogP contribution is -2.25. The molecular formula is C9H16O3. The summed E-state index contributed by atoms with van der Waals surface area (Å²) in [6.07, 6.45) is 2.17. The summed E-state index contributed by atoms with van der Waals surface area (Å²) < 4.78 is 5.09. The van der Waals surface area contributed by atoms with Gasteiger partial charge in [-0.1, -0.05) is 6.08 Å². The van der Waals surface area contributed by atoms with Gasteiger partial charge >= 0.3 is 5.97 Å². The standard InChI is InChI=1S/C9H16O3/c1-4-6-12-7-5-9(2,3)8(10)11/h4H,1,5-7H2,2-3H3,(H,10,11). The molecule has 12 heavy (non-hydrogen) atoms. The zero-order valence-corrected chi connectivity index (χ0v) is 7.67. The van der Waals surface area contributed by atoms with Crippen molar-refractivity contribution in [1.82, 2.24) is 0 Å². The predicted molar refractivity (Wildman–Crippen MR) is 47.0 cm³/mol. The van der Waals surface area contributed by atoms with Gasteiger partial charge in [-0.05, 0) is 20.3 Å². The Morgan fingerprint density at radius 1 is 1.67 bits per heavy atom. The minimum atomic E-state index is -0.787. The zero-order chi connectivity index (χ0) is 9.61. The van der Waals surface area contributed by atoms with E-state index < -0.39 is 11.4 Å². The highest BCUT2D eigenvalue weighted by atomic mass is 16.5. The Labute approximate surface area is 73.0 Å². The van der Waals surface area contributed by atoms with Crippen LogP contribution in [0.25, 0.3) is 0 Å².